The van der Waals surface area contributed by atoms with Crippen LogP contribution in [-0.2, 0) is 17.1 Å². The van der Waals surface area contributed by atoms with E-state index in [1.54, 1.807) is 12.1 Å². The van der Waals surface area contributed by atoms with Gasteiger partial charge in [0.25, 0.3) is 0 Å². The molecule has 0 unspecified atom stereocenters. The van der Waals surface area contributed by atoms with Gasteiger partial charge in [0, 0.05) is 17.1 Å². The summed E-state index contributed by atoms with van der Waals surface area (Å²) in [4.78, 5) is 22.4. The molecule has 0 aliphatic rings. The van der Waals surface area contributed by atoms with Gasteiger partial charge < -0.3 is 0 Å². The molecule has 0 aliphatic carbocycles. The molecule has 0 saturated carbocycles. The van der Waals surface area contributed by atoms with E-state index in [1.807, 2.05) is 0 Å². The maximum Gasteiger partial charge on any atom is 0 e. The molecule has 0 spiro atoms. The molecule has 0 saturated heterocycles. The minimum Gasteiger partial charge on any atom is 0 e. The number of pyridine rings is 2. The zero-order valence-electron chi connectivity index (χ0n) is 8.80. The van der Waals surface area contributed by atoms with Crippen LogP contribution in [0.5, 0.6) is 0 Å². The minimum atomic E-state index is -1.02. The van der Waals surface area contributed by atoms with Crippen molar-refractivity contribution in [2.24, 2.45) is 0 Å². The molecule has 2 rings (SSSR count). The molecule has 8 heteroatoms. The van der Waals surface area contributed by atoms with Crippen LogP contribution >= 0.6 is 0 Å². The number of aromatic nitrogens is 2. The summed E-state index contributed by atoms with van der Waals surface area (Å²) in [6.45, 7) is 0. The number of hydrogen-bond acceptors (Lipinski definition) is 4. The Labute approximate surface area is 122 Å². The van der Waals surface area contributed by atoms with Gasteiger partial charge in [0.15, 0.2) is 0 Å². The summed E-state index contributed by atoms with van der Waals surface area (Å²) in [5.74, 6) is 0. The first-order chi connectivity index (χ1) is 8.09. The number of rotatable bonds is 2. The van der Waals surface area contributed by atoms with Crippen LogP contribution in [0, 0.1) is 7.40 Å². The molecular weight excluding hydrogens is 395 g/mol. The molecule has 0 aliphatic heterocycles. The van der Waals surface area contributed by atoms with Crippen molar-refractivity contribution in [2.75, 3.05) is 0 Å². The molecular formula is C10H8FeIN2O4-. The summed E-state index contributed by atoms with van der Waals surface area (Å²) in [5, 5.41) is 19.0. The Bertz CT molecular complexity index is 610. The van der Waals surface area contributed by atoms with Crippen molar-refractivity contribution in [1.82, 2.24) is 9.46 Å². The first-order valence-electron chi connectivity index (χ1n) is 4.57. The second-order valence-electron chi connectivity index (χ2n) is 3.09. The smallest absolute Gasteiger partial charge is 0 e. The zero-order chi connectivity index (χ0) is 12.4. The van der Waals surface area contributed by atoms with E-state index < -0.39 is 32.3 Å². The topological polar surface area (TPSA) is 84.5 Å². The van der Waals surface area contributed by atoms with E-state index in [0.29, 0.717) is 16.9 Å². The fourth-order valence-corrected chi connectivity index (χ4v) is 3.43. The molecule has 98 valence electrons. The summed E-state index contributed by atoms with van der Waals surface area (Å²) >= 11 is -1.02. The van der Waals surface area contributed by atoms with E-state index >= 15 is 0 Å². The van der Waals surface area contributed by atoms with Gasteiger partial charge in [-0.15, -0.1) is 0 Å². The van der Waals surface area contributed by atoms with Crippen LogP contribution in [0.1, 0.15) is 0 Å². The molecule has 0 fully saturated rings. The quantitative estimate of drug-likeness (QED) is 0.237. The fraction of sp³-hybridized carbons (Fsp3) is 0. The van der Waals surface area contributed by atoms with Gasteiger partial charge >= 0.3 is 106 Å². The van der Waals surface area contributed by atoms with Gasteiger partial charge in [-0.25, -0.2) is 0 Å². The van der Waals surface area contributed by atoms with Crippen molar-refractivity contribution in [2.45, 2.75) is 0 Å². The second-order valence-corrected chi connectivity index (χ2v) is 5.84. The van der Waals surface area contributed by atoms with Gasteiger partial charge in [0.1, 0.15) is 0 Å². The Morgan fingerprint density at radius 1 is 0.833 bits per heavy atom. The fourth-order valence-electron chi connectivity index (χ4n) is 1.15. The molecule has 2 N–H and O–H groups in total. The van der Waals surface area contributed by atoms with Crippen LogP contribution in [0.3, 0.4) is 0 Å². The molecule has 2 aromatic heterocycles. The molecule has 0 radical (unpaired) electrons. The van der Waals surface area contributed by atoms with E-state index in [2.05, 4.69) is 0 Å². The van der Waals surface area contributed by atoms with E-state index in [9.17, 15) is 20.0 Å². The van der Waals surface area contributed by atoms with Crippen LogP contribution in [0.15, 0.2) is 46.0 Å². The third-order valence-electron chi connectivity index (χ3n) is 1.96. The van der Waals surface area contributed by atoms with Gasteiger partial charge in [0.05, 0.1) is 0 Å². The van der Waals surface area contributed by atoms with Crippen molar-refractivity contribution in [3.05, 3.63) is 64.5 Å². The Morgan fingerprint density at radius 2 is 1.22 bits per heavy atom. The maximum atomic E-state index is 11.2. The predicted octanol–water partition coefficient (Wildman–Crippen LogP) is -3.39. The van der Waals surface area contributed by atoms with Gasteiger partial charge in [0.2, 0.25) is 0 Å². The van der Waals surface area contributed by atoms with Crippen LogP contribution in [0.25, 0.3) is 0 Å². The number of hydrogen-bond donors (Lipinski definition) is 2. The predicted molar refractivity (Wildman–Crippen MR) is 53.2 cm³/mol. The Morgan fingerprint density at radius 3 is 1.61 bits per heavy atom. The standard InChI is InChI=1S/C10H8IN2O4.Fe/c14-9-5-1-3-7(12(9)16)11-8-4-2-6-10(15)13(8)17;/h1-6,16-17H;/q-1;. The van der Waals surface area contributed by atoms with Gasteiger partial charge in [-0.1, -0.05) is 0 Å². The average Bonchev–Trinajstić information content (AvgIpc) is 2.31. The second kappa shape index (κ2) is 6.07. The van der Waals surface area contributed by atoms with Crippen molar-refractivity contribution >= 4 is 0 Å². The van der Waals surface area contributed by atoms with Crippen LogP contribution in [-0.4, -0.2) is 19.9 Å². The van der Waals surface area contributed by atoms with Crippen LogP contribution in [0.2, 0.25) is 0 Å². The van der Waals surface area contributed by atoms with Gasteiger partial charge in [-0.05, 0) is 0 Å². The summed E-state index contributed by atoms with van der Waals surface area (Å²) in [7, 11) is 0. The number of nitrogens with zero attached hydrogens (tertiary/aromatic N) is 2. The third-order valence-corrected chi connectivity index (χ3v) is 4.70. The SMILES string of the molecule is O=c1cccc([I-]c2cccc(=O)n2O)n1O.[Fe]. The van der Waals surface area contributed by atoms with E-state index in [-0.39, 0.29) is 17.1 Å². The van der Waals surface area contributed by atoms with Crippen LogP contribution in [0.4, 0.5) is 0 Å². The zero-order valence-corrected chi connectivity index (χ0v) is 12.1. The van der Waals surface area contributed by atoms with Crippen molar-refractivity contribution in [3.63, 3.8) is 0 Å². The Balaban J connectivity index is 0.00000162. The minimum absolute atomic E-state index is 0. The first-order valence-corrected chi connectivity index (χ1v) is 6.73. The molecule has 0 amide bonds. The molecule has 18 heavy (non-hydrogen) atoms. The Kier molecular flexibility index (Phi) is 5.00. The molecule has 2 heterocycles. The average molecular weight is 403 g/mol. The summed E-state index contributed by atoms with van der Waals surface area (Å²) in [6, 6.07) is 8.65. The van der Waals surface area contributed by atoms with E-state index in [0.717, 1.165) is 0 Å². The summed E-state index contributed by atoms with van der Waals surface area (Å²) < 4.78 is 1.85. The van der Waals surface area contributed by atoms with Crippen molar-refractivity contribution in [3.8, 4) is 0 Å². The van der Waals surface area contributed by atoms with Gasteiger partial charge in [-0.3, -0.25) is 0 Å². The molecule has 0 atom stereocenters. The van der Waals surface area contributed by atoms with E-state index in [1.165, 1.54) is 24.3 Å². The normalized spacial score (nSPS) is 10.0. The first kappa shape index (κ1) is 14.8. The van der Waals surface area contributed by atoms with Crippen molar-refractivity contribution < 1.29 is 48.7 Å². The molecule has 0 bridgehead atoms. The summed E-state index contributed by atoms with van der Waals surface area (Å²) in [5.41, 5.74) is -1.07. The van der Waals surface area contributed by atoms with Gasteiger partial charge in [-0.2, -0.15) is 0 Å². The van der Waals surface area contributed by atoms with E-state index in [4.69, 9.17) is 0 Å². The monoisotopic (exact) mass is 403 g/mol. The van der Waals surface area contributed by atoms with Crippen LogP contribution < -0.4 is 32.3 Å². The molecule has 6 nitrogen and oxygen atoms in total. The molecule has 2 aromatic rings. The molecule has 0 aromatic carbocycles. The number of halogens is 1. The third kappa shape index (κ3) is 2.95. The largest absolute Gasteiger partial charge is 0 e. The van der Waals surface area contributed by atoms with Crippen molar-refractivity contribution in [1.29, 1.82) is 0 Å². The maximum absolute atomic E-state index is 11.2. The Hall–Kier alpha value is -1.25. The summed E-state index contributed by atoms with van der Waals surface area (Å²) in [6.07, 6.45) is 0.